The highest BCUT2D eigenvalue weighted by molar-refractivity contribution is 6.30. The molecule has 3 aromatic rings. The zero-order valence-corrected chi connectivity index (χ0v) is 12.8. The molecule has 0 saturated heterocycles. The van der Waals surface area contributed by atoms with Crippen LogP contribution in [0.5, 0.6) is 0 Å². The molecular formula is C17H12ClFN4. The molecule has 4 rings (SSSR count). The molecule has 0 N–H and O–H groups in total. The van der Waals surface area contributed by atoms with Crippen molar-refractivity contribution in [1.82, 2.24) is 19.9 Å². The van der Waals surface area contributed by atoms with Crippen LogP contribution in [-0.2, 0) is 0 Å². The summed E-state index contributed by atoms with van der Waals surface area (Å²) in [6, 6.07) is 6.43. The first-order chi connectivity index (χ1) is 11.2. The van der Waals surface area contributed by atoms with Crippen molar-refractivity contribution >= 4 is 11.6 Å². The van der Waals surface area contributed by atoms with Gasteiger partial charge in [-0.05, 0) is 53.6 Å². The average molecular weight is 327 g/mol. The fraction of sp³-hybridized carbons (Fsp3) is 0.176. The van der Waals surface area contributed by atoms with Crippen molar-refractivity contribution in [2.45, 2.75) is 18.3 Å². The van der Waals surface area contributed by atoms with Crippen LogP contribution in [0.4, 0.5) is 4.39 Å². The summed E-state index contributed by atoms with van der Waals surface area (Å²) in [6.45, 7) is 0. The Balaban J connectivity index is 1.54. The molecular weight excluding hydrogens is 315 g/mol. The van der Waals surface area contributed by atoms with E-state index < -0.39 is 0 Å². The average Bonchev–Trinajstić information content (AvgIpc) is 3.36. The predicted molar refractivity (Wildman–Crippen MR) is 84.6 cm³/mol. The lowest BCUT2D eigenvalue weighted by Crippen LogP contribution is -1.95. The highest BCUT2D eigenvalue weighted by atomic mass is 35.5. The summed E-state index contributed by atoms with van der Waals surface area (Å²) in [7, 11) is 0. The summed E-state index contributed by atoms with van der Waals surface area (Å²) in [4.78, 5) is 16.9. The molecule has 0 unspecified atom stereocenters. The summed E-state index contributed by atoms with van der Waals surface area (Å²) >= 11 is 5.93. The molecule has 0 aliphatic heterocycles. The number of hydrogen-bond acceptors (Lipinski definition) is 4. The van der Waals surface area contributed by atoms with Gasteiger partial charge in [-0.1, -0.05) is 11.6 Å². The van der Waals surface area contributed by atoms with Crippen LogP contribution in [0, 0.1) is 5.82 Å². The van der Waals surface area contributed by atoms with Crippen molar-refractivity contribution in [3.63, 3.8) is 0 Å². The van der Waals surface area contributed by atoms with Crippen molar-refractivity contribution in [3.05, 3.63) is 71.0 Å². The number of nitrogens with zero attached hydrogens (tertiary/aromatic N) is 4. The van der Waals surface area contributed by atoms with Crippen molar-refractivity contribution in [3.8, 4) is 11.6 Å². The second-order valence-electron chi connectivity index (χ2n) is 5.56. The van der Waals surface area contributed by atoms with Crippen LogP contribution in [0.2, 0.25) is 5.02 Å². The zero-order chi connectivity index (χ0) is 15.8. The van der Waals surface area contributed by atoms with Crippen LogP contribution in [0.15, 0.2) is 49.1 Å². The molecule has 0 bridgehead atoms. The van der Waals surface area contributed by atoms with Crippen LogP contribution in [0.25, 0.3) is 11.6 Å². The maximum Gasteiger partial charge on any atom is 0.197 e. The molecule has 1 aromatic carbocycles. The Morgan fingerprint density at radius 3 is 2.22 bits per heavy atom. The summed E-state index contributed by atoms with van der Waals surface area (Å²) in [5.41, 5.74) is 1.96. The first-order valence-corrected chi connectivity index (χ1v) is 7.64. The molecule has 1 aliphatic carbocycles. The van der Waals surface area contributed by atoms with Gasteiger partial charge in [-0.3, -0.25) is 0 Å². The molecule has 1 saturated carbocycles. The van der Waals surface area contributed by atoms with E-state index in [1.54, 1.807) is 36.9 Å². The van der Waals surface area contributed by atoms with Gasteiger partial charge in [0.2, 0.25) is 0 Å². The van der Waals surface area contributed by atoms with Crippen LogP contribution in [0.3, 0.4) is 0 Å². The van der Waals surface area contributed by atoms with Gasteiger partial charge in [0.15, 0.2) is 11.6 Å². The molecule has 1 aliphatic rings. The summed E-state index contributed by atoms with van der Waals surface area (Å²) in [5, 5.41) is 0.429. The van der Waals surface area contributed by atoms with Gasteiger partial charge < -0.3 is 0 Å². The quantitative estimate of drug-likeness (QED) is 0.730. The molecule has 0 spiro atoms. The molecule has 4 nitrogen and oxygen atoms in total. The third-order valence-electron chi connectivity index (χ3n) is 3.97. The standard InChI is InChI=1S/C17H12ClFN4/c18-12-4-10(5-13(19)6-12)14-7-15(14)11-8-22-17(23-9-11)16-20-2-1-3-21-16/h1-6,8-9,14-15H,7H2/t14-,15+/m1/s1. The Hall–Kier alpha value is -2.40. The lowest BCUT2D eigenvalue weighted by atomic mass is 10.1. The minimum Gasteiger partial charge on any atom is -0.234 e. The maximum atomic E-state index is 13.5. The third-order valence-corrected chi connectivity index (χ3v) is 4.19. The Bertz CT molecular complexity index is 819. The normalized spacial score (nSPS) is 19.6. The third kappa shape index (κ3) is 2.92. The van der Waals surface area contributed by atoms with E-state index in [0.717, 1.165) is 17.5 Å². The van der Waals surface area contributed by atoms with E-state index in [1.807, 2.05) is 6.07 Å². The van der Waals surface area contributed by atoms with Gasteiger partial charge in [-0.15, -0.1) is 0 Å². The topological polar surface area (TPSA) is 51.6 Å². The van der Waals surface area contributed by atoms with E-state index in [2.05, 4.69) is 19.9 Å². The number of benzene rings is 1. The van der Waals surface area contributed by atoms with Gasteiger partial charge in [0.05, 0.1) is 0 Å². The fourth-order valence-electron chi connectivity index (χ4n) is 2.78. The summed E-state index contributed by atoms with van der Waals surface area (Å²) in [5.74, 6) is 1.28. The number of rotatable bonds is 3. The number of halogens is 2. The van der Waals surface area contributed by atoms with Crippen molar-refractivity contribution in [2.75, 3.05) is 0 Å². The minimum atomic E-state index is -0.300. The Labute approximate surface area is 137 Å². The van der Waals surface area contributed by atoms with E-state index in [0.29, 0.717) is 22.6 Å². The minimum absolute atomic E-state index is 0.269. The SMILES string of the molecule is Fc1cc(Cl)cc([C@H]2C[C@H]2c2cnc(-c3ncccn3)nc2)c1. The monoisotopic (exact) mass is 326 g/mol. The lowest BCUT2D eigenvalue weighted by Gasteiger charge is -2.03. The van der Waals surface area contributed by atoms with Crippen LogP contribution in [-0.4, -0.2) is 19.9 Å². The van der Waals surface area contributed by atoms with Gasteiger partial charge in [-0.25, -0.2) is 24.3 Å². The van der Waals surface area contributed by atoms with Gasteiger partial charge >= 0.3 is 0 Å². The lowest BCUT2D eigenvalue weighted by molar-refractivity contribution is 0.625. The number of hydrogen-bond donors (Lipinski definition) is 0. The fourth-order valence-corrected chi connectivity index (χ4v) is 3.01. The molecule has 2 atom stereocenters. The first-order valence-electron chi connectivity index (χ1n) is 7.26. The summed E-state index contributed by atoms with van der Waals surface area (Å²) < 4.78 is 13.5. The smallest absolute Gasteiger partial charge is 0.197 e. The van der Waals surface area contributed by atoms with Crippen molar-refractivity contribution in [1.29, 1.82) is 0 Å². The molecule has 23 heavy (non-hydrogen) atoms. The van der Waals surface area contributed by atoms with Gasteiger partial charge in [0.25, 0.3) is 0 Å². The van der Waals surface area contributed by atoms with Crippen LogP contribution >= 0.6 is 11.6 Å². The predicted octanol–water partition coefficient (Wildman–Crippen LogP) is 4.00. The number of aromatic nitrogens is 4. The molecule has 0 amide bonds. The molecule has 114 valence electrons. The molecule has 1 fully saturated rings. The van der Waals surface area contributed by atoms with E-state index in [1.165, 1.54) is 6.07 Å². The first kappa shape index (κ1) is 14.2. The highest BCUT2D eigenvalue weighted by Gasteiger charge is 2.40. The van der Waals surface area contributed by atoms with E-state index in [9.17, 15) is 4.39 Å². The molecule has 2 heterocycles. The van der Waals surface area contributed by atoms with Crippen molar-refractivity contribution < 1.29 is 4.39 Å². The van der Waals surface area contributed by atoms with Gasteiger partial charge in [-0.2, -0.15) is 0 Å². The van der Waals surface area contributed by atoms with Crippen LogP contribution < -0.4 is 0 Å². The molecule has 0 radical (unpaired) electrons. The Morgan fingerprint density at radius 2 is 1.52 bits per heavy atom. The Morgan fingerprint density at radius 1 is 0.870 bits per heavy atom. The van der Waals surface area contributed by atoms with Crippen LogP contribution in [0.1, 0.15) is 29.4 Å². The largest absolute Gasteiger partial charge is 0.234 e. The second kappa shape index (κ2) is 5.66. The van der Waals surface area contributed by atoms with E-state index in [4.69, 9.17) is 11.6 Å². The van der Waals surface area contributed by atoms with Gasteiger partial charge in [0, 0.05) is 29.8 Å². The summed E-state index contributed by atoms with van der Waals surface area (Å²) in [6.07, 6.45) is 7.85. The maximum absolute atomic E-state index is 13.5. The van der Waals surface area contributed by atoms with Gasteiger partial charge in [0.1, 0.15) is 5.82 Å². The zero-order valence-electron chi connectivity index (χ0n) is 12.0. The van der Waals surface area contributed by atoms with E-state index >= 15 is 0 Å². The molecule has 2 aromatic heterocycles. The Kier molecular flexibility index (Phi) is 3.50. The second-order valence-corrected chi connectivity index (χ2v) is 6.00. The van der Waals surface area contributed by atoms with Crippen molar-refractivity contribution in [2.24, 2.45) is 0 Å². The molecule has 6 heteroatoms. The highest BCUT2D eigenvalue weighted by Crippen LogP contribution is 2.54. The van der Waals surface area contributed by atoms with E-state index in [-0.39, 0.29) is 11.7 Å².